The van der Waals surface area contributed by atoms with Gasteiger partial charge in [0, 0.05) is 18.8 Å². The Morgan fingerprint density at radius 3 is 2.71 bits per heavy atom. The molecule has 0 radical (unpaired) electrons. The van der Waals surface area contributed by atoms with Crippen molar-refractivity contribution in [3.8, 4) is 5.75 Å². The molecule has 0 saturated heterocycles. The predicted octanol–water partition coefficient (Wildman–Crippen LogP) is 2.18. The van der Waals surface area contributed by atoms with E-state index in [4.69, 9.17) is 4.74 Å². The Bertz CT molecular complexity index is 341. The molecule has 2 rings (SSSR count). The van der Waals surface area contributed by atoms with E-state index >= 15 is 0 Å². The maximum absolute atomic E-state index is 13.0. The summed E-state index contributed by atoms with van der Waals surface area (Å²) in [6, 6.07) is 6.30. The topological polar surface area (TPSA) is 26.3 Å². The van der Waals surface area contributed by atoms with Crippen LogP contribution in [0, 0.1) is 11.7 Å². The van der Waals surface area contributed by atoms with Crippen molar-refractivity contribution in [2.75, 3.05) is 6.61 Å². The predicted molar refractivity (Wildman–Crippen MR) is 49.6 cm³/mol. The van der Waals surface area contributed by atoms with Gasteiger partial charge < -0.3 is 4.74 Å². The number of halogens is 1. The highest BCUT2D eigenvalue weighted by molar-refractivity contribution is 5.84. The number of ketones is 1. The summed E-state index contributed by atoms with van der Waals surface area (Å²) in [5, 5.41) is 0. The smallest absolute Gasteiger partial charge is 0.165 e. The molecule has 0 aromatic heterocycles. The lowest BCUT2D eigenvalue weighted by Crippen LogP contribution is -2.28. The molecule has 14 heavy (non-hydrogen) atoms. The van der Waals surface area contributed by atoms with Gasteiger partial charge in [-0.2, -0.15) is 0 Å². The minimum absolute atomic E-state index is 0.270. The Morgan fingerprint density at radius 1 is 1.36 bits per heavy atom. The lowest BCUT2D eigenvalue weighted by Gasteiger charge is -2.23. The van der Waals surface area contributed by atoms with Crippen LogP contribution in [0.3, 0.4) is 0 Å². The molecule has 0 aliphatic heterocycles. The minimum atomic E-state index is -0.349. The van der Waals surface area contributed by atoms with E-state index < -0.39 is 0 Å². The van der Waals surface area contributed by atoms with E-state index in [2.05, 4.69) is 0 Å². The minimum Gasteiger partial charge on any atom is -0.490 e. The summed E-state index contributed by atoms with van der Waals surface area (Å²) in [5.74, 6) is 0.472. The Hall–Kier alpha value is -1.38. The van der Waals surface area contributed by atoms with Crippen molar-refractivity contribution in [1.29, 1.82) is 0 Å². The number of Topliss-reactive ketones (excluding diaryl/α,β-unsaturated/α-hetero) is 1. The fourth-order valence-corrected chi connectivity index (χ4v) is 1.47. The molecule has 1 fully saturated rings. The number of para-hydroxylation sites is 1. The highest BCUT2D eigenvalue weighted by atomic mass is 19.1. The molecule has 0 heterocycles. The van der Waals surface area contributed by atoms with Crippen LogP contribution in [-0.4, -0.2) is 12.4 Å². The second-order valence-electron chi connectivity index (χ2n) is 3.55. The fraction of sp³-hybridized carbons (Fsp3) is 0.364. The van der Waals surface area contributed by atoms with E-state index in [1.165, 1.54) is 6.07 Å². The van der Waals surface area contributed by atoms with Gasteiger partial charge in [0.25, 0.3) is 0 Å². The van der Waals surface area contributed by atoms with Gasteiger partial charge in [0.05, 0.1) is 6.61 Å². The van der Waals surface area contributed by atoms with Crippen LogP contribution < -0.4 is 4.74 Å². The Kier molecular flexibility index (Phi) is 2.48. The van der Waals surface area contributed by atoms with Crippen LogP contribution in [0.5, 0.6) is 5.75 Å². The monoisotopic (exact) mass is 194 g/mol. The summed E-state index contributed by atoms with van der Waals surface area (Å²) < 4.78 is 18.3. The number of hydrogen-bond donors (Lipinski definition) is 0. The van der Waals surface area contributed by atoms with Crippen molar-refractivity contribution in [3.63, 3.8) is 0 Å². The molecule has 1 aromatic rings. The average Bonchev–Trinajstić information content (AvgIpc) is 2.13. The molecule has 0 N–H and O–H groups in total. The summed E-state index contributed by atoms with van der Waals surface area (Å²) in [4.78, 5) is 10.7. The molecule has 0 unspecified atom stereocenters. The number of benzene rings is 1. The third-order valence-electron chi connectivity index (χ3n) is 2.34. The molecule has 1 aliphatic rings. The van der Waals surface area contributed by atoms with E-state index in [0.29, 0.717) is 19.4 Å². The zero-order chi connectivity index (χ0) is 9.97. The van der Waals surface area contributed by atoms with Gasteiger partial charge in [0.15, 0.2) is 11.6 Å². The molecule has 0 bridgehead atoms. The maximum atomic E-state index is 13.0. The van der Waals surface area contributed by atoms with Crippen molar-refractivity contribution in [3.05, 3.63) is 30.1 Å². The molecule has 2 nitrogen and oxygen atoms in total. The first-order valence-electron chi connectivity index (χ1n) is 4.65. The lowest BCUT2D eigenvalue weighted by atomic mass is 9.85. The largest absolute Gasteiger partial charge is 0.490 e. The van der Waals surface area contributed by atoms with E-state index in [0.717, 1.165) is 0 Å². The van der Waals surface area contributed by atoms with Crippen molar-refractivity contribution >= 4 is 5.78 Å². The van der Waals surface area contributed by atoms with Crippen LogP contribution in [0.25, 0.3) is 0 Å². The first kappa shape index (κ1) is 9.19. The molecule has 0 amide bonds. The van der Waals surface area contributed by atoms with Crippen molar-refractivity contribution in [2.24, 2.45) is 5.92 Å². The van der Waals surface area contributed by atoms with Crippen LogP contribution >= 0.6 is 0 Å². The van der Waals surface area contributed by atoms with Gasteiger partial charge in [-0.15, -0.1) is 0 Å². The van der Waals surface area contributed by atoms with Crippen molar-refractivity contribution in [2.45, 2.75) is 12.8 Å². The summed E-state index contributed by atoms with van der Waals surface area (Å²) in [6.45, 7) is 0.437. The first-order chi connectivity index (χ1) is 6.75. The Labute approximate surface area is 81.7 Å². The zero-order valence-electron chi connectivity index (χ0n) is 7.70. The van der Waals surface area contributed by atoms with Crippen LogP contribution in [0.1, 0.15) is 12.8 Å². The average molecular weight is 194 g/mol. The Morgan fingerprint density at radius 2 is 2.07 bits per heavy atom. The van der Waals surface area contributed by atoms with Gasteiger partial charge in [-0.3, -0.25) is 4.79 Å². The van der Waals surface area contributed by atoms with Gasteiger partial charge in [-0.1, -0.05) is 12.1 Å². The summed E-state index contributed by atoms with van der Waals surface area (Å²) in [6.07, 6.45) is 1.16. The lowest BCUT2D eigenvalue weighted by molar-refractivity contribution is -0.127. The van der Waals surface area contributed by atoms with Crippen molar-refractivity contribution in [1.82, 2.24) is 0 Å². The van der Waals surface area contributed by atoms with E-state index in [1.807, 2.05) is 0 Å². The molecular formula is C11H11FO2. The highest BCUT2D eigenvalue weighted by Crippen LogP contribution is 2.24. The SMILES string of the molecule is O=C1CC(COc2ccccc2F)C1. The summed E-state index contributed by atoms with van der Waals surface area (Å²) >= 11 is 0. The molecule has 1 aliphatic carbocycles. The Balaban J connectivity index is 1.86. The molecule has 3 heteroatoms. The summed E-state index contributed by atoms with van der Waals surface area (Å²) in [7, 11) is 0. The van der Waals surface area contributed by atoms with Gasteiger partial charge in [-0.25, -0.2) is 4.39 Å². The van der Waals surface area contributed by atoms with E-state index in [1.54, 1.807) is 18.2 Å². The first-order valence-corrected chi connectivity index (χ1v) is 4.65. The standard InChI is InChI=1S/C11H11FO2/c12-10-3-1-2-4-11(10)14-7-8-5-9(13)6-8/h1-4,8H,5-7H2. The fourth-order valence-electron chi connectivity index (χ4n) is 1.47. The number of hydrogen-bond acceptors (Lipinski definition) is 2. The molecular weight excluding hydrogens is 183 g/mol. The van der Waals surface area contributed by atoms with Crippen LogP contribution in [0.2, 0.25) is 0 Å². The second kappa shape index (κ2) is 3.78. The highest BCUT2D eigenvalue weighted by Gasteiger charge is 2.27. The molecule has 1 aromatic carbocycles. The molecule has 0 spiro atoms. The summed E-state index contributed by atoms with van der Waals surface area (Å²) in [5.41, 5.74) is 0. The third kappa shape index (κ3) is 1.92. The van der Waals surface area contributed by atoms with E-state index in [9.17, 15) is 9.18 Å². The van der Waals surface area contributed by atoms with Gasteiger partial charge in [-0.05, 0) is 12.1 Å². The number of carbonyl (C=O) groups excluding carboxylic acids is 1. The number of rotatable bonds is 3. The van der Waals surface area contributed by atoms with Crippen LogP contribution in [-0.2, 0) is 4.79 Å². The van der Waals surface area contributed by atoms with Gasteiger partial charge in [0.2, 0.25) is 0 Å². The normalized spacial score (nSPS) is 16.5. The maximum Gasteiger partial charge on any atom is 0.165 e. The number of carbonyl (C=O) groups is 1. The number of ether oxygens (including phenoxy) is 1. The van der Waals surface area contributed by atoms with Gasteiger partial charge >= 0.3 is 0 Å². The van der Waals surface area contributed by atoms with Gasteiger partial charge in [0.1, 0.15) is 5.78 Å². The molecule has 1 saturated carbocycles. The van der Waals surface area contributed by atoms with E-state index in [-0.39, 0.29) is 23.3 Å². The third-order valence-corrected chi connectivity index (χ3v) is 2.34. The second-order valence-corrected chi connectivity index (χ2v) is 3.55. The molecule has 74 valence electrons. The van der Waals surface area contributed by atoms with Crippen LogP contribution in [0.4, 0.5) is 4.39 Å². The quantitative estimate of drug-likeness (QED) is 0.737. The zero-order valence-corrected chi connectivity index (χ0v) is 7.70. The van der Waals surface area contributed by atoms with Crippen LogP contribution in [0.15, 0.2) is 24.3 Å². The van der Waals surface area contributed by atoms with Crippen molar-refractivity contribution < 1.29 is 13.9 Å². The molecule has 0 atom stereocenters.